The van der Waals surface area contributed by atoms with Crippen molar-refractivity contribution in [2.45, 2.75) is 6.18 Å². The molecule has 0 bridgehead atoms. The number of benzene rings is 1. The Labute approximate surface area is 162 Å². The van der Waals surface area contributed by atoms with Gasteiger partial charge in [-0.2, -0.15) is 18.4 Å². The van der Waals surface area contributed by atoms with Gasteiger partial charge in [-0.1, -0.05) is 11.6 Å². The first-order valence-electron chi connectivity index (χ1n) is 7.77. The lowest BCUT2D eigenvalue weighted by molar-refractivity contribution is -0.137. The summed E-state index contributed by atoms with van der Waals surface area (Å²) in [6, 6.07) is 10.8. The number of hydrogen-bond acceptors (Lipinski definition) is 5. The predicted octanol–water partition coefficient (Wildman–Crippen LogP) is 5.49. The van der Waals surface area contributed by atoms with Crippen LogP contribution >= 0.6 is 11.6 Å². The van der Waals surface area contributed by atoms with Gasteiger partial charge in [0.15, 0.2) is 0 Å². The zero-order chi connectivity index (χ0) is 20.3. The molecule has 0 unspecified atom stereocenters. The van der Waals surface area contributed by atoms with Gasteiger partial charge in [0.2, 0.25) is 5.88 Å². The van der Waals surface area contributed by atoms with Crippen molar-refractivity contribution >= 4 is 11.6 Å². The summed E-state index contributed by atoms with van der Waals surface area (Å²) in [5.74, 6) is 1.11. The third-order valence-corrected chi connectivity index (χ3v) is 3.98. The van der Waals surface area contributed by atoms with E-state index < -0.39 is 11.7 Å². The van der Waals surface area contributed by atoms with E-state index in [2.05, 4.69) is 9.97 Å². The number of rotatable bonds is 4. The number of alkyl halides is 3. The first-order chi connectivity index (χ1) is 13.3. The number of hydrogen-bond donors (Lipinski definition) is 0. The van der Waals surface area contributed by atoms with Gasteiger partial charge in [0.1, 0.15) is 23.1 Å². The molecule has 0 saturated carbocycles. The third-order valence-electron chi connectivity index (χ3n) is 3.69. The minimum absolute atomic E-state index is 0.0412. The molecule has 0 atom stereocenters. The summed E-state index contributed by atoms with van der Waals surface area (Å²) in [4.78, 5) is 7.85. The third kappa shape index (κ3) is 4.15. The molecule has 0 amide bonds. The number of nitriles is 1. The summed E-state index contributed by atoms with van der Waals surface area (Å²) in [7, 11) is 1.53. The maximum Gasteiger partial charge on any atom is 0.417 e. The van der Waals surface area contributed by atoms with Crippen LogP contribution in [0.4, 0.5) is 13.2 Å². The molecule has 2 heterocycles. The SMILES string of the molecule is COc1ccc(Oc2ncc(-c3ncc(C(F)(F)F)cc3Cl)cc2C#N)cc1. The Kier molecular flexibility index (Phi) is 5.38. The number of halogens is 4. The monoisotopic (exact) mass is 405 g/mol. The minimum Gasteiger partial charge on any atom is -0.497 e. The molecular formula is C19H11ClF3N3O2. The van der Waals surface area contributed by atoms with Crippen molar-refractivity contribution in [2.75, 3.05) is 7.11 Å². The van der Waals surface area contributed by atoms with E-state index in [0.717, 1.165) is 6.07 Å². The van der Waals surface area contributed by atoms with Crippen molar-refractivity contribution in [3.63, 3.8) is 0 Å². The van der Waals surface area contributed by atoms with Gasteiger partial charge in [-0.05, 0) is 36.4 Å². The predicted molar refractivity (Wildman–Crippen MR) is 95.3 cm³/mol. The van der Waals surface area contributed by atoms with E-state index in [-0.39, 0.29) is 27.7 Å². The largest absolute Gasteiger partial charge is 0.497 e. The van der Waals surface area contributed by atoms with E-state index >= 15 is 0 Å². The van der Waals surface area contributed by atoms with Crippen LogP contribution in [0, 0.1) is 11.3 Å². The maximum absolute atomic E-state index is 12.7. The summed E-state index contributed by atoms with van der Waals surface area (Å²) in [5, 5.41) is 9.17. The topological polar surface area (TPSA) is 68.0 Å². The number of ether oxygens (including phenoxy) is 2. The van der Waals surface area contributed by atoms with Crippen LogP contribution in [-0.2, 0) is 6.18 Å². The second kappa shape index (κ2) is 7.74. The van der Waals surface area contributed by atoms with Crippen LogP contribution in [0.15, 0.2) is 48.8 Å². The van der Waals surface area contributed by atoms with Crippen molar-refractivity contribution in [1.29, 1.82) is 5.26 Å². The van der Waals surface area contributed by atoms with Gasteiger partial charge in [-0.25, -0.2) is 4.98 Å². The van der Waals surface area contributed by atoms with Gasteiger partial charge >= 0.3 is 6.18 Å². The molecule has 142 valence electrons. The Morgan fingerprint density at radius 1 is 1.04 bits per heavy atom. The Hall–Kier alpha value is -3.31. The van der Waals surface area contributed by atoms with Gasteiger partial charge in [0.05, 0.1) is 23.4 Å². The molecule has 0 aliphatic rings. The van der Waals surface area contributed by atoms with Crippen molar-refractivity contribution in [1.82, 2.24) is 9.97 Å². The normalized spacial score (nSPS) is 11.0. The Morgan fingerprint density at radius 3 is 2.29 bits per heavy atom. The van der Waals surface area contributed by atoms with E-state index in [4.69, 9.17) is 21.1 Å². The van der Waals surface area contributed by atoms with Crippen molar-refractivity contribution in [3.8, 4) is 34.7 Å². The molecule has 0 saturated heterocycles. The molecular weight excluding hydrogens is 395 g/mol. The average Bonchev–Trinajstić information content (AvgIpc) is 2.68. The first kappa shape index (κ1) is 19.5. The lowest BCUT2D eigenvalue weighted by Gasteiger charge is -2.11. The lowest BCUT2D eigenvalue weighted by atomic mass is 10.1. The van der Waals surface area contributed by atoms with Gasteiger partial charge in [0, 0.05) is 18.0 Å². The fourth-order valence-electron chi connectivity index (χ4n) is 2.30. The second-order valence-corrected chi connectivity index (χ2v) is 5.93. The fraction of sp³-hybridized carbons (Fsp3) is 0.105. The highest BCUT2D eigenvalue weighted by atomic mass is 35.5. The van der Waals surface area contributed by atoms with Gasteiger partial charge in [-0.15, -0.1) is 0 Å². The summed E-state index contributed by atoms with van der Waals surface area (Å²) >= 11 is 5.95. The molecule has 0 N–H and O–H groups in total. The average molecular weight is 406 g/mol. The van der Waals surface area contributed by atoms with E-state index in [1.165, 1.54) is 19.4 Å². The number of pyridine rings is 2. The highest BCUT2D eigenvalue weighted by Gasteiger charge is 2.31. The molecule has 0 fully saturated rings. The molecule has 3 aromatic rings. The molecule has 0 spiro atoms. The second-order valence-electron chi connectivity index (χ2n) is 5.52. The van der Waals surface area contributed by atoms with Gasteiger partial charge < -0.3 is 9.47 Å². The first-order valence-corrected chi connectivity index (χ1v) is 8.15. The smallest absolute Gasteiger partial charge is 0.417 e. The molecule has 0 radical (unpaired) electrons. The summed E-state index contributed by atoms with van der Waals surface area (Å²) in [6.45, 7) is 0. The van der Waals surface area contributed by atoms with Crippen LogP contribution in [0.3, 0.4) is 0 Å². The summed E-state index contributed by atoms with van der Waals surface area (Å²) < 4.78 is 48.9. The van der Waals surface area contributed by atoms with Crippen molar-refractivity contribution in [3.05, 3.63) is 64.9 Å². The molecule has 2 aromatic heterocycles. The van der Waals surface area contributed by atoms with Crippen LogP contribution in [0.2, 0.25) is 5.02 Å². The molecule has 1 aromatic carbocycles. The minimum atomic E-state index is -4.55. The Balaban J connectivity index is 1.92. The standard InChI is InChI=1S/C19H11ClF3N3O2/c1-27-14-2-4-15(5-3-14)28-18-11(8-24)6-12(9-26-18)17-16(20)7-13(10-25-17)19(21,22)23/h2-7,9-10H,1H3. The number of aromatic nitrogens is 2. The summed E-state index contributed by atoms with van der Waals surface area (Å²) in [6.07, 6.45) is -2.56. The van der Waals surface area contributed by atoms with E-state index in [1.807, 2.05) is 6.07 Å². The highest BCUT2D eigenvalue weighted by molar-refractivity contribution is 6.33. The molecule has 3 rings (SSSR count). The van der Waals surface area contributed by atoms with Crippen LogP contribution in [0.1, 0.15) is 11.1 Å². The molecule has 0 aliphatic heterocycles. The van der Waals surface area contributed by atoms with Crippen LogP contribution in [-0.4, -0.2) is 17.1 Å². The van der Waals surface area contributed by atoms with E-state index in [9.17, 15) is 18.4 Å². The molecule has 5 nitrogen and oxygen atoms in total. The fourth-order valence-corrected chi connectivity index (χ4v) is 2.58. The molecule has 9 heteroatoms. The maximum atomic E-state index is 12.7. The highest BCUT2D eigenvalue weighted by Crippen LogP contribution is 2.35. The Bertz CT molecular complexity index is 1050. The zero-order valence-electron chi connectivity index (χ0n) is 14.3. The quantitative estimate of drug-likeness (QED) is 0.574. The van der Waals surface area contributed by atoms with E-state index in [1.54, 1.807) is 24.3 Å². The van der Waals surface area contributed by atoms with Crippen LogP contribution in [0.5, 0.6) is 17.4 Å². The molecule has 0 aliphatic carbocycles. The van der Waals surface area contributed by atoms with Crippen LogP contribution in [0.25, 0.3) is 11.3 Å². The zero-order valence-corrected chi connectivity index (χ0v) is 15.0. The number of nitrogens with zero attached hydrogens (tertiary/aromatic N) is 3. The van der Waals surface area contributed by atoms with E-state index in [0.29, 0.717) is 17.7 Å². The van der Waals surface area contributed by atoms with Crippen molar-refractivity contribution in [2.24, 2.45) is 0 Å². The van der Waals surface area contributed by atoms with Crippen molar-refractivity contribution < 1.29 is 22.6 Å². The van der Waals surface area contributed by atoms with Gasteiger partial charge in [0.25, 0.3) is 0 Å². The number of methoxy groups -OCH3 is 1. The van der Waals surface area contributed by atoms with Gasteiger partial charge in [-0.3, -0.25) is 4.98 Å². The molecule has 28 heavy (non-hydrogen) atoms. The summed E-state index contributed by atoms with van der Waals surface area (Å²) in [5.41, 5.74) is -0.521. The Morgan fingerprint density at radius 2 is 1.71 bits per heavy atom. The lowest BCUT2D eigenvalue weighted by Crippen LogP contribution is -2.06. The van der Waals surface area contributed by atoms with Crippen LogP contribution < -0.4 is 9.47 Å².